The van der Waals surface area contributed by atoms with E-state index in [1.165, 1.54) is 0 Å². The Balaban J connectivity index is 2.18. The summed E-state index contributed by atoms with van der Waals surface area (Å²) in [5.41, 5.74) is 8.25. The summed E-state index contributed by atoms with van der Waals surface area (Å²) < 4.78 is 0. The Hall–Kier alpha value is -2.30. The number of nitrogens with one attached hydrogen (secondary N) is 2. The van der Waals surface area contributed by atoms with E-state index in [0.29, 0.717) is 18.7 Å². The Morgan fingerprint density at radius 2 is 2.22 bits per heavy atom. The Bertz CT molecular complexity index is 568. The number of aromatic nitrogens is 1. The van der Waals surface area contributed by atoms with E-state index in [9.17, 15) is 4.79 Å². The molecule has 0 aliphatic rings. The fourth-order valence-corrected chi connectivity index (χ4v) is 1.78. The summed E-state index contributed by atoms with van der Waals surface area (Å²) in [6, 6.07) is 7.55. The molecule has 1 aromatic carbocycles. The first-order valence-corrected chi connectivity index (χ1v) is 5.80. The molecule has 0 bridgehead atoms. The van der Waals surface area contributed by atoms with Gasteiger partial charge in [-0.15, -0.1) is 0 Å². The SMILES string of the molecule is CNC(=O)CCNc1ccc(N)c2ncccc12. The topological polar surface area (TPSA) is 80.0 Å². The molecular weight excluding hydrogens is 228 g/mol. The summed E-state index contributed by atoms with van der Waals surface area (Å²) in [4.78, 5) is 15.4. The zero-order valence-electron chi connectivity index (χ0n) is 10.2. The molecule has 0 fully saturated rings. The van der Waals surface area contributed by atoms with E-state index in [1.54, 1.807) is 13.2 Å². The zero-order valence-corrected chi connectivity index (χ0v) is 10.2. The lowest BCUT2D eigenvalue weighted by atomic mass is 10.1. The molecule has 0 unspecified atom stereocenters. The molecule has 2 aromatic rings. The minimum absolute atomic E-state index is 0.0142. The van der Waals surface area contributed by atoms with Crippen molar-refractivity contribution in [3.8, 4) is 0 Å². The third kappa shape index (κ3) is 2.51. The number of nitrogens with zero attached hydrogens (tertiary/aromatic N) is 1. The van der Waals surface area contributed by atoms with Crippen molar-refractivity contribution < 1.29 is 4.79 Å². The van der Waals surface area contributed by atoms with Gasteiger partial charge in [-0.05, 0) is 24.3 Å². The Kier molecular flexibility index (Phi) is 3.62. The molecule has 94 valence electrons. The molecule has 1 aromatic heterocycles. The van der Waals surface area contributed by atoms with Gasteiger partial charge >= 0.3 is 0 Å². The van der Waals surface area contributed by atoms with Crippen molar-refractivity contribution in [2.45, 2.75) is 6.42 Å². The van der Waals surface area contributed by atoms with Crippen LogP contribution in [0.3, 0.4) is 0 Å². The highest BCUT2D eigenvalue weighted by Gasteiger charge is 2.04. The first-order chi connectivity index (χ1) is 8.72. The summed E-state index contributed by atoms with van der Waals surface area (Å²) >= 11 is 0. The molecule has 1 amide bonds. The largest absolute Gasteiger partial charge is 0.397 e. The summed E-state index contributed by atoms with van der Waals surface area (Å²) in [5, 5.41) is 6.78. The zero-order chi connectivity index (χ0) is 13.0. The van der Waals surface area contributed by atoms with Crippen LogP contribution >= 0.6 is 0 Å². The van der Waals surface area contributed by atoms with Gasteiger partial charge in [0.1, 0.15) is 0 Å². The number of pyridine rings is 1. The Morgan fingerprint density at radius 1 is 1.39 bits per heavy atom. The number of fused-ring (bicyclic) bond motifs is 1. The summed E-state index contributed by atoms with van der Waals surface area (Å²) in [7, 11) is 1.63. The monoisotopic (exact) mass is 244 g/mol. The molecule has 0 aliphatic heterocycles. The average Bonchev–Trinajstić information content (AvgIpc) is 2.41. The van der Waals surface area contributed by atoms with Crippen LogP contribution < -0.4 is 16.4 Å². The number of nitrogens with two attached hydrogens (primary N) is 1. The van der Waals surface area contributed by atoms with Gasteiger partial charge in [0.15, 0.2) is 0 Å². The van der Waals surface area contributed by atoms with Gasteiger partial charge in [-0.2, -0.15) is 0 Å². The number of anilines is 2. The van der Waals surface area contributed by atoms with Crippen molar-refractivity contribution in [1.82, 2.24) is 10.3 Å². The molecule has 0 aliphatic carbocycles. The Labute approximate surface area is 105 Å². The van der Waals surface area contributed by atoms with Crippen molar-refractivity contribution in [3.05, 3.63) is 30.5 Å². The molecule has 0 saturated carbocycles. The third-order valence-corrected chi connectivity index (χ3v) is 2.75. The summed E-state index contributed by atoms with van der Waals surface area (Å²) in [5.74, 6) is 0.0142. The predicted octanol–water partition coefficient (Wildman–Crippen LogP) is 1.36. The normalized spacial score (nSPS) is 10.3. The average molecular weight is 244 g/mol. The molecular formula is C13H16N4O. The highest BCUT2D eigenvalue weighted by molar-refractivity contribution is 5.98. The maximum atomic E-state index is 11.1. The van der Waals surface area contributed by atoms with Crippen LogP contribution in [0.1, 0.15) is 6.42 Å². The van der Waals surface area contributed by atoms with Crippen LogP contribution in [0.5, 0.6) is 0 Å². The first-order valence-electron chi connectivity index (χ1n) is 5.80. The van der Waals surface area contributed by atoms with Gasteiger partial charge in [0.2, 0.25) is 5.91 Å². The van der Waals surface area contributed by atoms with Gasteiger partial charge in [-0.1, -0.05) is 0 Å². The van der Waals surface area contributed by atoms with E-state index in [0.717, 1.165) is 16.6 Å². The maximum Gasteiger partial charge on any atom is 0.221 e. The molecule has 5 nitrogen and oxygen atoms in total. The van der Waals surface area contributed by atoms with Crippen LogP contribution in [0, 0.1) is 0 Å². The van der Waals surface area contributed by atoms with Crippen LogP contribution in [0.4, 0.5) is 11.4 Å². The lowest BCUT2D eigenvalue weighted by Crippen LogP contribution is -2.20. The smallest absolute Gasteiger partial charge is 0.221 e. The van der Waals surface area contributed by atoms with Crippen LogP contribution in [0.15, 0.2) is 30.5 Å². The summed E-state index contributed by atoms with van der Waals surface area (Å²) in [6.07, 6.45) is 2.15. The minimum Gasteiger partial charge on any atom is -0.397 e. The van der Waals surface area contributed by atoms with Crippen molar-refractivity contribution in [3.63, 3.8) is 0 Å². The standard InChI is InChI=1S/C13H16N4O/c1-15-12(18)6-8-16-11-5-4-10(14)13-9(11)3-2-7-17-13/h2-5,7,16H,6,8,14H2,1H3,(H,15,18). The van der Waals surface area contributed by atoms with Crippen molar-refractivity contribution in [2.24, 2.45) is 0 Å². The van der Waals surface area contributed by atoms with Gasteiger partial charge in [-0.25, -0.2) is 0 Å². The van der Waals surface area contributed by atoms with Crippen LogP contribution in [-0.2, 0) is 4.79 Å². The van der Waals surface area contributed by atoms with Gasteiger partial charge in [0.05, 0.1) is 11.2 Å². The molecule has 0 spiro atoms. The quantitative estimate of drug-likeness (QED) is 0.709. The van der Waals surface area contributed by atoms with E-state index in [-0.39, 0.29) is 5.91 Å². The van der Waals surface area contributed by atoms with Gasteiger partial charge < -0.3 is 16.4 Å². The van der Waals surface area contributed by atoms with Crippen LogP contribution in [0.25, 0.3) is 10.9 Å². The number of amides is 1. The number of nitrogen functional groups attached to an aromatic ring is 1. The van der Waals surface area contributed by atoms with E-state index in [2.05, 4.69) is 15.6 Å². The summed E-state index contributed by atoms with van der Waals surface area (Å²) in [6.45, 7) is 0.577. The number of carbonyl (C=O) groups excluding carboxylic acids is 1. The number of hydrogen-bond acceptors (Lipinski definition) is 4. The second-order valence-corrected chi connectivity index (χ2v) is 3.95. The highest BCUT2D eigenvalue weighted by Crippen LogP contribution is 2.26. The second-order valence-electron chi connectivity index (χ2n) is 3.95. The van der Waals surface area contributed by atoms with Gasteiger partial charge in [0, 0.05) is 37.3 Å². The molecule has 2 rings (SSSR count). The molecule has 5 heteroatoms. The molecule has 4 N–H and O–H groups in total. The number of rotatable bonds is 4. The third-order valence-electron chi connectivity index (χ3n) is 2.75. The molecule has 1 heterocycles. The lowest BCUT2D eigenvalue weighted by molar-refractivity contribution is -0.120. The van der Waals surface area contributed by atoms with Crippen LogP contribution in [-0.4, -0.2) is 24.5 Å². The Morgan fingerprint density at radius 3 is 3.00 bits per heavy atom. The molecule has 0 saturated heterocycles. The fraction of sp³-hybridized carbons (Fsp3) is 0.231. The van der Waals surface area contributed by atoms with Crippen molar-refractivity contribution >= 4 is 28.2 Å². The number of benzene rings is 1. The maximum absolute atomic E-state index is 11.1. The number of hydrogen-bond donors (Lipinski definition) is 3. The van der Waals surface area contributed by atoms with E-state index >= 15 is 0 Å². The van der Waals surface area contributed by atoms with Crippen LogP contribution in [0.2, 0.25) is 0 Å². The van der Waals surface area contributed by atoms with Crippen molar-refractivity contribution in [2.75, 3.05) is 24.6 Å². The van der Waals surface area contributed by atoms with E-state index < -0.39 is 0 Å². The second kappa shape index (κ2) is 5.35. The molecule has 0 atom stereocenters. The van der Waals surface area contributed by atoms with Gasteiger partial charge in [-0.3, -0.25) is 9.78 Å². The first kappa shape index (κ1) is 12.2. The van der Waals surface area contributed by atoms with E-state index in [4.69, 9.17) is 5.73 Å². The molecule has 18 heavy (non-hydrogen) atoms. The highest BCUT2D eigenvalue weighted by atomic mass is 16.1. The van der Waals surface area contributed by atoms with E-state index in [1.807, 2.05) is 24.3 Å². The number of carbonyl (C=O) groups is 1. The van der Waals surface area contributed by atoms with Crippen molar-refractivity contribution in [1.29, 1.82) is 0 Å². The van der Waals surface area contributed by atoms with Gasteiger partial charge in [0.25, 0.3) is 0 Å². The minimum atomic E-state index is 0.0142. The predicted molar refractivity (Wildman–Crippen MR) is 73.3 cm³/mol. The fourth-order valence-electron chi connectivity index (χ4n) is 1.78. The molecule has 0 radical (unpaired) electrons. The lowest BCUT2D eigenvalue weighted by Gasteiger charge is -2.10.